The van der Waals surface area contributed by atoms with Crippen LogP contribution in [0.1, 0.15) is 67.7 Å². The predicted molar refractivity (Wildman–Crippen MR) is 89.2 cm³/mol. The number of rotatable bonds is 9. The zero-order valence-electron chi connectivity index (χ0n) is 14.8. The van der Waals surface area contributed by atoms with Crippen molar-refractivity contribution < 1.29 is 9.90 Å². The molecule has 120 valence electrons. The maximum absolute atomic E-state index is 8.89. The van der Waals surface area contributed by atoms with Gasteiger partial charge in [-0.15, -0.1) is 0 Å². The Morgan fingerprint density at radius 3 is 1.15 bits per heavy atom. The fourth-order valence-corrected chi connectivity index (χ4v) is 9.63. The van der Waals surface area contributed by atoms with E-state index in [-0.39, 0.29) is 0 Å². The first-order valence-electron chi connectivity index (χ1n) is 8.16. The number of hydrogen-bond donors (Lipinski definition) is 0. The van der Waals surface area contributed by atoms with Crippen molar-refractivity contribution in [1.82, 2.24) is 0 Å². The molecule has 0 spiro atoms. The molecule has 0 aromatic rings. The monoisotopic (exact) mass is 346 g/mol. The first-order valence-corrected chi connectivity index (χ1v) is 12.6. The van der Waals surface area contributed by atoms with E-state index in [1.807, 2.05) is 0 Å². The molecular weight excluding hydrogens is 309 g/mol. The van der Waals surface area contributed by atoms with Crippen LogP contribution in [0.25, 0.3) is 0 Å². The van der Waals surface area contributed by atoms with Crippen LogP contribution in [0.2, 0.25) is 15.8 Å². The van der Waals surface area contributed by atoms with Gasteiger partial charge in [-0.05, 0) is 6.92 Å². The van der Waals surface area contributed by atoms with Crippen LogP contribution in [0.15, 0.2) is 0 Å². The molecule has 0 aromatic carbocycles. The summed E-state index contributed by atoms with van der Waals surface area (Å²) in [6.45, 7) is 15.2. The summed E-state index contributed by atoms with van der Waals surface area (Å²) in [5.41, 5.74) is 0. The van der Waals surface area contributed by atoms with Gasteiger partial charge in [-0.3, -0.25) is 0 Å². The molecule has 0 aliphatic rings. The Balaban J connectivity index is 0. The van der Waals surface area contributed by atoms with Gasteiger partial charge in [0.25, 0.3) is 0 Å². The fourth-order valence-electron chi connectivity index (χ4n) is 1.85. The molecule has 0 amide bonds. The number of carbonyl (C=O) groups is 1. The van der Waals surface area contributed by atoms with Gasteiger partial charge in [-0.1, -0.05) is 0 Å². The van der Waals surface area contributed by atoms with Gasteiger partial charge < -0.3 is 9.90 Å². The summed E-state index contributed by atoms with van der Waals surface area (Å²) >= 11 is -0.681. The summed E-state index contributed by atoms with van der Waals surface area (Å²) in [5, 5.41) is 13.8. The molecule has 0 atom stereocenters. The van der Waals surface area contributed by atoms with Crippen LogP contribution in [-0.4, -0.2) is 20.3 Å². The number of carbonyl (C=O) groups excluding carboxylic acids is 1. The van der Waals surface area contributed by atoms with E-state index in [1.54, 1.807) is 15.8 Å². The second-order valence-corrected chi connectivity index (χ2v) is 13.3. The molecular formula is C17H36GeO2. The quantitative estimate of drug-likeness (QED) is 0.582. The Morgan fingerprint density at radius 2 is 1.00 bits per heavy atom. The van der Waals surface area contributed by atoms with Crippen molar-refractivity contribution in [3.8, 4) is 0 Å². The Morgan fingerprint density at radius 1 is 0.800 bits per heavy atom. The summed E-state index contributed by atoms with van der Waals surface area (Å²) < 4.78 is 0. The summed E-state index contributed by atoms with van der Waals surface area (Å²) in [4.78, 5) is 8.89. The third-order valence-corrected chi connectivity index (χ3v) is 9.49. The molecule has 0 aliphatic heterocycles. The van der Waals surface area contributed by atoms with Crippen LogP contribution in [0.4, 0.5) is 0 Å². The Labute approximate surface area is 131 Å². The van der Waals surface area contributed by atoms with Crippen LogP contribution in [0, 0.1) is 17.8 Å². The Bertz CT molecular complexity index is 193. The zero-order chi connectivity index (χ0) is 16.1. The van der Waals surface area contributed by atoms with Gasteiger partial charge >= 0.3 is 109 Å². The van der Waals surface area contributed by atoms with E-state index < -0.39 is 20.3 Å². The molecule has 0 saturated carbocycles. The first-order chi connectivity index (χ1) is 9.15. The molecule has 0 heterocycles. The van der Waals surface area contributed by atoms with Crippen molar-refractivity contribution in [3.63, 3.8) is 0 Å². The molecule has 0 saturated heterocycles. The number of carboxylic acids is 1. The van der Waals surface area contributed by atoms with Gasteiger partial charge in [-0.2, -0.15) is 0 Å². The van der Waals surface area contributed by atoms with Gasteiger partial charge in [0.15, 0.2) is 0 Å². The van der Waals surface area contributed by atoms with Gasteiger partial charge in [-0.25, -0.2) is 0 Å². The molecule has 0 bridgehead atoms. The molecule has 0 unspecified atom stereocenters. The van der Waals surface area contributed by atoms with Crippen LogP contribution < -0.4 is 5.11 Å². The summed E-state index contributed by atoms with van der Waals surface area (Å²) in [7, 11) is 0. The average molecular weight is 345 g/mol. The number of carboxylic acid groups (broad SMARTS) is 1. The van der Waals surface area contributed by atoms with Crippen molar-refractivity contribution >= 4 is 20.3 Å². The second kappa shape index (κ2) is 14.0. The van der Waals surface area contributed by atoms with Crippen molar-refractivity contribution in [2.45, 2.75) is 83.5 Å². The van der Waals surface area contributed by atoms with Crippen LogP contribution >= 0.6 is 0 Å². The van der Waals surface area contributed by atoms with Crippen molar-refractivity contribution in [1.29, 1.82) is 0 Å². The zero-order valence-corrected chi connectivity index (χ0v) is 16.9. The molecule has 0 rings (SSSR count). The normalized spacial score (nSPS) is 10.7. The summed E-state index contributed by atoms with van der Waals surface area (Å²) in [6.07, 6.45) is 4.47. The van der Waals surface area contributed by atoms with E-state index in [1.165, 1.54) is 19.3 Å². The molecule has 0 radical (unpaired) electrons. The third-order valence-electron chi connectivity index (χ3n) is 3.23. The molecule has 0 fully saturated rings. The second-order valence-electron chi connectivity index (χ2n) is 7.04. The maximum atomic E-state index is 8.89. The van der Waals surface area contributed by atoms with E-state index in [4.69, 9.17) is 9.90 Å². The molecule has 3 heteroatoms. The minimum atomic E-state index is -1.08. The van der Waals surface area contributed by atoms with Gasteiger partial charge in [0.1, 0.15) is 0 Å². The Hall–Kier alpha value is 0.0129. The van der Waals surface area contributed by atoms with Crippen LogP contribution in [0.3, 0.4) is 0 Å². The van der Waals surface area contributed by atoms with E-state index in [2.05, 4.69) is 41.5 Å². The summed E-state index contributed by atoms with van der Waals surface area (Å²) in [6, 6.07) is 0. The molecule has 0 aliphatic carbocycles. The molecule has 0 N–H and O–H groups in total. The van der Waals surface area contributed by atoms with Gasteiger partial charge in [0.05, 0.1) is 0 Å². The topological polar surface area (TPSA) is 40.1 Å². The van der Waals surface area contributed by atoms with Crippen LogP contribution in [0.5, 0.6) is 0 Å². The number of hydrogen-bond acceptors (Lipinski definition) is 2. The van der Waals surface area contributed by atoms with Crippen molar-refractivity contribution in [3.05, 3.63) is 0 Å². The van der Waals surface area contributed by atoms with Crippen LogP contribution in [-0.2, 0) is 4.79 Å². The first kappa shape index (κ1) is 22.3. The van der Waals surface area contributed by atoms with E-state index in [0.717, 1.165) is 24.7 Å². The van der Waals surface area contributed by atoms with Gasteiger partial charge in [0, 0.05) is 5.97 Å². The van der Waals surface area contributed by atoms with E-state index >= 15 is 0 Å². The predicted octanol–water partition coefficient (Wildman–Crippen LogP) is 4.38. The third kappa shape index (κ3) is 23.1. The van der Waals surface area contributed by atoms with E-state index in [9.17, 15) is 0 Å². The average Bonchev–Trinajstić information content (AvgIpc) is 2.26. The summed E-state index contributed by atoms with van der Waals surface area (Å²) in [5.74, 6) is 1.67. The molecule has 20 heavy (non-hydrogen) atoms. The fraction of sp³-hybridized carbons (Fsp3) is 0.941. The van der Waals surface area contributed by atoms with Crippen molar-refractivity contribution in [2.24, 2.45) is 17.8 Å². The SMILES string of the molecule is CC(=O)[O-].CC(C)C[CH2][Ge+]([CH2]CC(C)C)[CH2]CC(C)C. The minimum absolute atomic E-state index is 0.681. The standard InChI is InChI=1S/C15H33Ge.C2H4O2/c1-13(2)7-10-16(11-8-14(3)4)12-9-15(5)6;1-2(3)4/h13-15H,7-12H2,1-6H3;1H3,(H,3,4)/q+1;/p-1. The van der Waals surface area contributed by atoms with Gasteiger partial charge in [0.2, 0.25) is 0 Å². The Kier molecular flexibility index (Phi) is 15.6. The molecule has 0 aromatic heterocycles. The number of aliphatic carboxylic acids is 1. The van der Waals surface area contributed by atoms with Crippen molar-refractivity contribution in [2.75, 3.05) is 0 Å². The van der Waals surface area contributed by atoms with E-state index in [0.29, 0.717) is 0 Å². The molecule has 2 nitrogen and oxygen atoms in total.